The second-order valence-electron chi connectivity index (χ2n) is 8.69. The number of quaternary nitrogens is 1. The minimum atomic E-state index is -3.19. The Kier molecular flexibility index (Phi) is 10.1. The molecule has 0 bridgehead atoms. The molecule has 0 fully saturated rings. The zero-order chi connectivity index (χ0) is 25.2. The van der Waals surface area contributed by atoms with Gasteiger partial charge in [0.1, 0.15) is 0 Å². The molecule has 0 aliphatic carbocycles. The molecule has 0 N–H and O–H groups in total. The molecule has 0 atom stereocenters. The zero-order valence-corrected chi connectivity index (χ0v) is 21.7. The summed E-state index contributed by atoms with van der Waals surface area (Å²) >= 11 is 18.3. The number of rotatable bonds is 0. The van der Waals surface area contributed by atoms with Crippen molar-refractivity contribution in [2.24, 2.45) is 0 Å². The van der Waals surface area contributed by atoms with E-state index < -0.39 is 6.42 Å². The van der Waals surface area contributed by atoms with Crippen LogP contribution in [0.15, 0.2) is 72.8 Å². The molecule has 0 heterocycles. The van der Waals surface area contributed by atoms with Crippen LogP contribution in [0, 0.1) is 35.2 Å². The van der Waals surface area contributed by atoms with Gasteiger partial charge in [-0.05, 0) is 36.4 Å². The lowest BCUT2D eigenvalue weighted by atomic mass is 9.45. The van der Waals surface area contributed by atoms with Gasteiger partial charge in [0.05, 0.1) is 43.3 Å². The number of halogens is 4. The Bertz CT molecular complexity index is 1170. The molecule has 0 aliphatic rings. The summed E-state index contributed by atoms with van der Waals surface area (Å²) in [6.45, 7) is 0. The molecule has 3 aromatic rings. The van der Waals surface area contributed by atoms with Crippen molar-refractivity contribution in [2.75, 3.05) is 28.2 Å². The highest BCUT2D eigenvalue weighted by atomic mass is 35.5. The van der Waals surface area contributed by atoms with Crippen LogP contribution in [0.1, 0.15) is 16.7 Å². The molecular formula is C28H24BCl3FN. The molecule has 0 amide bonds. The van der Waals surface area contributed by atoms with Crippen molar-refractivity contribution in [3.8, 4) is 35.2 Å². The lowest BCUT2D eigenvalue weighted by molar-refractivity contribution is -0.849. The van der Waals surface area contributed by atoms with Gasteiger partial charge in [0.2, 0.25) is 0 Å². The minimum Gasteiger partial charge on any atom is -0.472 e. The molecule has 3 aromatic carbocycles. The maximum atomic E-state index is 15.7. The molecule has 0 aromatic heterocycles. The second-order valence-corrected chi connectivity index (χ2v) is 9.91. The van der Waals surface area contributed by atoms with Gasteiger partial charge >= 0.3 is 6.42 Å². The topological polar surface area (TPSA) is 0 Å². The van der Waals surface area contributed by atoms with Gasteiger partial charge in [-0.3, -0.25) is 0 Å². The van der Waals surface area contributed by atoms with Crippen molar-refractivity contribution in [1.82, 2.24) is 0 Å². The molecule has 1 nitrogen and oxygen atoms in total. The van der Waals surface area contributed by atoms with E-state index in [1.54, 1.807) is 72.8 Å². The van der Waals surface area contributed by atoms with E-state index in [-0.39, 0.29) is 0 Å². The fourth-order valence-corrected chi connectivity index (χ4v) is 2.88. The van der Waals surface area contributed by atoms with Gasteiger partial charge < -0.3 is 8.80 Å². The van der Waals surface area contributed by atoms with Crippen LogP contribution >= 0.6 is 34.8 Å². The van der Waals surface area contributed by atoms with Crippen molar-refractivity contribution in [3.05, 3.63) is 105 Å². The summed E-state index contributed by atoms with van der Waals surface area (Å²) in [7, 11) is 8.50. The first kappa shape index (κ1) is 27.4. The maximum absolute atomic E-state index is 15.7. The highest BCUT2D eigenvalue weighted by Gasteiger charge is 2.15. The molecule has 0 saturated carbocycles. The van der Waals surface area contributed by atoms with Crippen molar-refractivity contribution >= 4 is 41.2 Å². The zero-order valence-electron chi connectivity index (χ0n) is 19.5. The van der Waals surface area contributed by atoms with Crippen LogP contribution in [0.4, 0.5) is 4.32 Å². The molecular weight excluding hydrogens is 486 g/mol. The first-order valence-electron chi connectivity index (χ1n) is 10.4. The molecule has 172 valence electrons. The molecule has 0 unspecified atom stereocenters. The normalized spacial score (nSPS) is 10.2. The monoisotopic (exact) mass is 509 g/mol. The Hall–Kier alpha value is -2.84. The Morgan fingerprint density at radius 3 is 1.03 bits per heavy atom. The predicted molar refractivity (Wildman–Crippen MR) is 146 cm³/mol. The third-order valence-corrected chi connectivity index (χ3v) is 4.83. The largest absolute Gasteiger partial charge is 0.472 e. The predicted octanol–water partition coefficient (Wildman–Crippen LogP) is 6.96. The molecule has 3 rings (SSSR count). The first-order valence-corrected chi connectivity index (χ1v) is 11.6. The van der Waals surface area contributed by atoms with E-state index in [2.05, 4.69) is 63.4 Å². The van der Waals surface area contributed by atoms with Gasteiger partial charge in [0.15, 0.2) is 0 Å². The summed E-state index contributed by atoms with van der Waals surface area (Å²) in [6, 6.07) is 20.8. The van der Waals surface area contributed by atoms with E-state index >= 15 is 4.32 Å². The number of hydrogen-bond donors (Lipinski definition) is 0. The highest BCUT2D eigenvalue weighted by molar-refractivity contribution is 6.95. The van der Waals surface area contributed by atoms with E-state index in [0.717, 1.165) is 4.48 Å². The molecule has 0 saturated heterocycles. The standard InChI is InChI=1S/C24H12BCl3F.C4H12N/c26-22-10-4-1-7-19(22)13-16-25(29,17-14-20-8-2-5-11-23(20)27)18-15-21-9-3-6-12-24(21)28;1-5(2,3)4/h1-12H;1-4H3/q-1;+1. The summed E-state index contributed by atoms with van der Waals surface area (Å²) in [5.74, 6) is 15.9. The summed E-state index contributed by atoms with van der Waals surface area (Å²) in [5.41, 5.74) is 1.49. The fourth-order valence-electron chi connectivity index (χ4n) is 2.33. The van der Waals surface area contributed by atoms with Gasteiger partial charge in [0, 0.05) is 16.7 Å². The van der Waals surface area contributed by atoms with Gasteiger partial charge in [-0.1, -0.05) is 71.2 Å². The minimum absolute atomic E-state index is 0.427. The molecule has 34 heavy (non-hydrogen) atoms. The van der Waals surface area contributed by atoms with Crippen LogP contribution in [-0.2, 0) is 0 Å². The Labute approximate surface area is 217 Å². The van der Waals surface area contributed by atoms with Crippen LogP contribution in [0.3, 0.4) is 0 Å². The number of hydrogen-bond acceptors (Lipinski definition) is 0. The molecule has 0 spiro atoms. The van der Waals surface area contributed by atoms with Crippen LogP contribution in [0.2, 0.25) is 15.1 Å². The van der Waals surface area contributed by atoms with Crippen molar-refractivity contribution in [1.29, 1.82) is 0 Å². The fraction of sp³-hybridized carbons (Fsp3) is 0.143. The summed E-state index contributed by atoms with van der Waals surface area (Å²) in [4.78, 5) is 0. The SMILES string of the molecule is C[N+](C)(C)C.F[B-](C#Cc1ccccc1Cl)(C#Cc1ccccc1Cl)C#Cc1ccccc1Cl. The van der Waals surface area contributed by atoms with Gasteiger partial charge in [-0.2, -0.15) is 0 Å². The number of benzene rings is 3. The summed E-state index contributed by atoms with van der Waals surface area (Å²) < 4.78 is 16.7. The van der Waals surface area contributed by atoms with Crippen LogP contribution in [0.5, 0.6) is 0 Å². The smallest absolute Gasteiger partial charge is 0.358 e. The van der Waals surface area contributed by atoms with Crippen molar-refractivity contribution < 1.29 is 8.80 Å². The Morgan fingerprint density at radius 2 is 0.794 bits per heavy atom. The van der Waals surface area contributed by atoms with Gasteiger partial charge in [0.25, 0.3) is 0 Å². The van der Waals surface area contributed by atoms with Crippen LogP contribution < -0.4 is 0 Å². The van der Waals surface area contributed by atoms with E-state index in [1.807, 2.05) is 0 Å². The summed E-state index contributed by atoms with van der Waals surface area (Å²) in [6.07, 6.45) is -3.19. The van der Waals surface area contributed by atoms with E-state index in [1.165, 1.54) is 0 Å². The quantitative estimate of drug-likeness (QED) is 0.174. The molecule has 0 aliphatic heterocycles. The maximum Gasteiger partial charge on any atom is 0.358 e. The van der Waals surface area contributed by atoms with Gasteiger partial charge in [-0.25, -0.2) is 17.5 Å². The van der Waals surface area contributed by atoms with E-state index in [4.69, 9.17) is 34.8 Å². The van der Waals surface area contributed by atoms with Crippen molar-refractivity contribution in [2.45, 2.75) is 0 Å². The average molecular weight is 511 g/mol. The first-order chi connectivity index (χ1) is 16.0. The average Bonchev–Trinajstić information content (AvgIpc) is 2.77. The Morgan fingerprint density at radius 1 is 0.559 bits per heavy atom. The van der Waals surface area contributed by atoms with Crippen LogP contribution in [0.25, 0.3) is 0 Å². The second kappa shape index (κ2) is 12.6. The Balaban J connectivity index is 0.000000739. The highest BCUT2D eigenvalue weighted by Crippen LogP contribution is 2.17. The van der Waals surface area contributed by atoms with Gasteiger partial charge in [-0.15, -0.1) is 17.8 Å². The summed E-state index contributed by atoms with van der Waals surface area (Å²) in [5, 5.41) is 1.28. The van der Waals surface area contributed by atoms with Crippen molar-refractivity contribution in [3.63, 3.8) is 0 Å². The third kappa shape index (κ3) is 9.97. The lowest BCUT2D eigenvalue weighted by Gasteiger charge is -2.14. The lowest BCUT2D eigenvalue weighted by Crippen LogP contribution is -2.27. The number of nitrogens with zero attached hydrogens (tertiary/aromatic N) is 1. The van der Waals surface area contributed by atoms with Crippen LogP contribution in [-0.4, -0.2) is 39.1 Å². The third-order valence-electron chi connectivity index (χ3n) is 3.84. The van der Waals surface area contributed by atoms with E-state index in [0.29, 0.717) is 31.8 Å². The molecule has 0 radical (unpaired) electrons. The van der Waals surface area contributed by atoms with E-state index in [9.17, 15) is 0 Å². The molecule has 6 heteroatoms.